The summed E-state index contributed by atoms with van der Waals surface area (Å²) in [4.78, 5) is 0. The van der Waals surface area contributed by atoms with E-state index < -0.39 is 0 Å². The van der Waals surface area contributed by atoms with E-state index in [0.29, 0.717) is 13.1 Å². The number of benzene rings is 1. The van der Waals surface area contributed by atoms with Gasteiger partial charge < -0.3 is 5.32 Å². The van der Waals surface area contributed by atoms with Gasteiger partial charge in [0.25, 0.3) is 0 Å². The van der Waals surface area contributed by atoms with Crippen molar-refractivity contribution in [2.75, 3.05) is 6.54 Å². The summed E-state index contributed by atoms with van der Waals surface area (Å²) in [5.41, 5.74) is 1.93. The van der Waals surface area contributed by atoms with Crippen LogP contribution in [0.3, 0.4) is 0 Å². The number of rotatable bonds is 3. The second kappa shape index (κ2) is 4.58. The minimum absolute atomic E-state index is 0.221. The maximum absolute atomic E-state index is 12.7. The average Bonchev–Trinajstić information content (AvgIpc) is 2.09. The Bertz CT molecular complexity index is 328. The third-order valence-electron chi connectivity index (χ3n) is 1.82. The number of hydrogen-bond acceptors (Lipinski definition) is 2. The van der Waals surface area contributed by atoms with E-state index in [4.69, 9.17) is 5.26 Å². The predicted octanol–water partition coefficient (Wildman–Crippen LogP) is 1.75. The van der Waals surface area contributed by atoms with Gasteiger partial charge in [-0.25, -0.2) is 4.39 Å². The second-order valence-electron chi connectivity index (χ2n) is 2.83. The molecule has 0 unspecified atom stereocenters. The zero-order chi connectivity index (χ0) is 9.68. The number of nitriles is 1. The fourth-order valence-corrected chi connectivity index (χ4v) is 1.11. The molecule has 0 bridgehead atoms. The van der Waals surface area contributed by atoms with Gasteiger partial charge in [-0.15, -0.1) is 0 Å². The maximum atomic E-state index is 12.7. The average molecular weight is 178 g/mol. The fraction of sp³-hybridized carbons (Fsp3) is 0.300. The van der Waals surface area contributed by atoms with Crippen molar-refractivity contribution < 1.29 is 4.39 Å². The molecule has 0 amide bonds. The predicted molar refractivity (Wildman–Crippen MR) is 48.5 cm³/mol. The molecule has 68 valence electrons. The molecule has 0 spiro atoms. The van der Waals surface area contributed by atoms with Crippen LogP contribution in [0.2, 0.25) is 0 Å². The van der Waals surface area contributed by atoms with Crippen LogP contribution in [0.25, 0.3) is 0 Å². The van der Waals surface area contributed by atoms with Crippen molar-refractivity contribution in [3.05, 3.63) is 35.1 Å². The Hall–Kier alpha value is -1.40. The van der Waals surface area contributed by atoms with Gasteiger partial charge in [0.15, 0.2) is 0 Å². The van der Waals surface area contributed by atoms with E-state index in [1.807, 2.05) is 13.0 Å². The smallest absolute Gasteiger partial charge is 0.123 e. The first-order valence-corrected chi connectivity index (χ1v) is 4.06. The van der Waals surface area contributed by atoms with Gasteiger partial charge >= 0.3 is 0 Å². The first kappa shape index (κ1) is 9.69. The molecule has 1 aromatic rings. The van der Waals surface area contributed by atoms with Crippen LogP contribution in [0.4, 0.5) is 4.39 Å². The molecule has 1 N–H and O–H groups in total. The van der Waals surface area contributed by atoms with Crippen molar-refractivity contribution in [1.82, 2.24) is 5.32 Å². The highest BCUT2D eigenvalue weighted by Crippen LogP contribution is 2.09. The summed E-state index contributed by atoms with van der Waals surface area (Å²) in [5.74, 6) is -0.221. The van der Waals surface area contributed by atoms with Crippen LogP contribution in [0.5, 0.6) is 0 Å². The van der Waals surface area contributed by atoms with E-state index in [2.05, 4.69) is 5.32 Å². The second-order valence-corrected chi connectivity index (χ2v) is 2.83. The quantitative estimate of drug-likeness (QED) is 0.565. The van der Waals surface area contributed by atoms with Gasteiger partial charge in [-0.1, -0.05) is 6.07 Å². The Morgan fingerprint density at radius 3 is 2.92 bits per heavy atom. The van der Waals surface area contributed by atoms with Gasteiger partial charge in [0.2, 0.25) is 0 Å². The summed E-state index contributed by atoms with van der Waals surface area (Å²) >= 11 is 0. The molecule has 0 saturated heterocycles. The van der Waals surface area contributed by atoms with Gasteiger partial charge in [0, 0.05) is 6.54 Å². The molecule has 0 aliphatic rings. The molecule has 0 aliphatic heterocycles. The normalized spacial score (nSPS) is 9.62. The number of nitrogens with zero attached hydrogens (tertiary/aromatic N) is 1. The Labute approximate surface area is 77.0 Å². The fourth-order valence-electron chi connectivity index (χ4n) is 1.11. The van der Waals surface area contributed by atoms with Crippen molar-refractivity contribution in [3.8, 4) is 6.07 Å². The molecule has 2 nitrogen and oxygen atoms in total. The van der Waals surface area contributed by atoms with E-state index in [9.17, 15) is 4.39 Å². The summed E-state index contributed by atoms with van der Waals surface area (Å²) in [6, 6.07) is 6.63. The summed E-state index contributed by atoms with van der Waals surface area (Å²) < 4.78 is 12.7. The van der Waals surface area contributed by atoms with Crippen molar-refractivity contribution >= 4 is 0 Å². The monoisotopic (exact) mass is 178 g/mol. The highest BCUT2D eigenvalue weighted by molar-refractivity contribution is 5.26. The van der Waals surface area contributed by atoms with Crippen LogP contribution in [-0.4, -0.2) is 6.54 Å². The summed E-state index contributed by atoms with van der Waals surface area (Å²) in [6.07, 6.45) is 0. The van der Waals surface area contributed by atoms with Gasteiger partial charge in [-0.3, -0.25) is 0 Å². The van der Waals surface area contributed by atoms with Crippen molar-refractivity contribution in [2.45, 2.75) is 13.5 Å². The van der Waals surface area contributed by atoms with Crippen LogP contribution < -0.4 is 5.32 Å². The molecule has 0 fully saturated rings. The standard InChI is InChI=1S/C10H11FN2/c1-8-6-10(11)3-2-9(8)7-13-5-4-12/h2-3,6,13H,5,7H2,1H3. The Kier molecular flexibility index (Phi) is 3.41. The van der Waals surface area contributed by atoms with Crippen LogP contribution in [0, 0.1) is 24.1 Å². The van der Waals surface area contributed by atoms with Gasteiger partial charge in [-0.2, -0.15) is 5.26 Å². The van der Waals surface area contributed by atoms with Gasteiger partial charge in [0.05, 0.1) is 12.6 Å². The minimum atomic E-state index is -0.221. The molecule has 3 heteroatoms. The Balaban J connectivity index is 2.62. The van der Waals surface area contributed by atoms with E-state index in [0.717, 1.165) is 11.1 Å². The van der Waals surface area contributed by atoms with Crippen LogP contribution in [0.15, 0.2) is 18.2 Å². The summed E-state index contributed by atoms with van der Waals surface area (Å²) in [7, 11) is 0. The first-order chi connectivity index (χ1) is 6.24. The first-order valence-electron chi connectivity index (χ1n) is 4.06. The SMILES string of the molecule is Cc1cc(F)ccc1CNCC#N. The highest BCUT2D eigenvalue weighted by Gasteiger charge is 1.98. The lowest BCUT2D eigenvalue weighted by molar-refractivity contribution is 0.624. The third-order valence-corrected chi connectivity index (χ3v) is 1.82. The molecular weight excluding hydrogens is 167 g/mol. The van der Waals surface area contributed by atoms with Crippen molar-refractivity contribution in [2.24, 2.45) is 0 Å². The molecule has 0 saturated carbocycles. The zero-order valence-corrected chi connectivity index (χ0v) is 7.47. The lowest BCUT2D eigenvalue weighted by Crippen LogP contribution is -2.13. The van der Waals surface area contributed by atoms with E-state index in [1.165, 1.54) is 12.1 Å². The molecule has 1 rings (SSSR count). The van der Waals surface area contributed by atoms with Crippen LogP contribution >= 0.6 is 0 Å². The van der Waals surface area contributed by atoms with E-state index in [1.54, 1.807) is 6.07 Å². The lowest BCUT2D eigenvalue weighted by atomic mass is 10.1. The van der Waals surface area contributed by atoms with E-state index in [-0.39, 0.29) is 5.82 Å². The van der Waals surface area contributed by atoms with Gasteiger partial charge in [-0.05, 0) is 30.2 Å². The topological polar surface area (TPSA) is 35.8 Å². The van der Waals surface area contributed by atoms with Crippen molar-refractivity contribution in [1.29, 1.82) is 5.26 Å². The van der Waals surface area contributed by atoms with Crippen LogP contribution in [-0.2, 0) is 6.54 Å². The third kappa shape index (κ3) is 2.85. The molecule has 0 heterocycles. The van der Waals surface area contributed by atoms with Crippen LogP contribution in [0.1, 0.15) is 11.1 Å². The zero-order valence-electron chi connectivity index (χ0n) is 7.47. The largest absolute Gasteiger partial charge is 0.300 e. The highest BCUT2D eigenvalue weighted by atomic mass is 19.1. The molecule has 13 heavy (non-hydrogen) atoms. The maximum Gasteiger partial charge on any atom is 0.123 e. The number of aryl methyl sites for hydroxylation is 1. The van der Waals surface area contributed by atoms with Crippen molar-refractivity contribution in [3.63, 3.8) is 0 Å². The lowest BCUT2D eigenvalue weighted by Gasteiger charge is -2.04. The number of nitrogens with one attached hydrogen (secondary N) is 1. The summed E-state index contributed by atoms with van der Waals surface area (Å²) in [6.45, 7) is 2.78. The molecule has 1 aromatic carbocycles. The molecule has 0 atom stereocenters. The number of halogens is 1. The molecule has 0 aromatic heterocycles. The van der Waals surface area contributed by atoms with Gasteiger partial charge in [0.1, 0.15) is 5.82 Å². The van der Waals surface area contributed by atoms with E-state index >= 15 is 0 Å². The molecule has 0 aliphatic carbocycles. The molecule has 0 radical (unpaired) electrons. The minimum Gasteiger partial charge on any atom is -0.300 e. The summed E-state index contributed by atoms with van der Waals surface area (Å²) in [5, 5.41) is 11.2. The Morgan fingerprint density at radius 1 is 1.54 bits per heavy atom. The Morgan fingerprint density at radius 2 is 2.31 bits per heavy atom. The number of hydrogen-bond donors (Lipinski definition) is 1. The molecular formula is C10H11FN2.